The van der Waals surface area contributed by atoms with Gasteiger partial charge in [-0.1, -0.05) is 29.8 Å². The number of hydrogen-bond donors (Lipinski definition) is 2. The first-order chi connectivity index (χ1) is 14.7. The third kappa shape index (κ3) is 6.57. The van der Waals surface area contributed by atoms with Crippen molar-refractivity contribution in [2.45, 2.75) is 24.5 Å². The van der Waals surface area contributed by atoms with Crippen LogP contribution >= 0.6 is 11.8 Å². The molecule has 8 heteroatoms. The number of thioether (sulfide) groups is 1. The van der Waals surface area contributed by atoms with Crippen LogP contribution in [0, 0.1) is 19.7 Å². The molecule has 0 aliphatic carbocycles. The van der Waals surface area contributed by atoms with Crippen molar-refractivity contribution in [1.82, 2.24) is 0 Å². The summed E-state index contributed by atoms with van der Waals surface area (Å²) in [6.07, 6.45) is 0. The molecule has 0 heterocycles. The van der Waals surface area contributed by atoms with Crippen molar-refractivity contribution < 1.29 is 17.6 Å². The van der Waals surface area contributed by atoms with Gasteiger partial charge >= 0.3 is 0 Å². The van der Waals surface area contributed by atoms with E-state index in [4.69, 9.17) is 0 Å². The maximum atomic E-state index is 12.9. The lowest BCUT2D eigenvalue weighted by Gasteiger charge is -2.12. The maximum absolute atomic E-state index is 12.9. The highest BCUT2D eigenvalue weighted by Crippen LogP contribution is 2.22. The lowest BCUT2D eigenvalue weighted by molar-refractivity contribution is -0.113. The monoisotopic (exact) mass is 458 g/mol. The molecule has 0 spiro atoms. The predicted molar refractivity (Wildman–Crippen MR) is 124 cm³/mol. The molecule has 162 valence electrons. The number of benzene rings is 3. The number of amides is 1. The number of halogens is 1. The van der Waals surface area contributed by atoms with Crippen LogP contribution in [-0.2, 0) is 20.6 Å². The molecule has 0 saturated carbocycles. The minimum atomic E-state index is -3.74. The van der Waals surface area contributed by atoms with E-state index < -0.39 is 10.0 Å². The topological polar surface area (TPSA) is 75.3 Å². The second kappa shape index (κ2) is 9.98. The van der Waals surface area contributed by atoms with Crippen molar-refractivity contribution in [2.75, 3.05) is 15.8 Å². The molecule has 1 amide bonds. The minimum Gasteiger partial charge on any atom is -0.325 e. The lowest BCUT2D eigenvalue weighted by atomic mass is 10.1. The van der Waals surface area contributed by atoms with E-state index in [0.717, 1.165) is 16.7 Å². The molecule has 0 saturated heterocycles. The molecule has 3 aromatic rings. The molecule has 0 unspecified atom stereocenters. The van der Waals surface area contributed by atoms with Crippen molar-refractivity contribution in [3.63, 3.8) is 0 Å². The maximum Gasteiger partial charge on any atom is 0.261 e. The molecule has 0 bridgehead atoms. The number of anilines is 2. The highest BCUT2D eigenvalue weighted by atomic mass is 32.2. The number of carbonyl (C=O) groups excluding carboxylic acids is 1. The molecule has 0 atom stereocenters. The zero-order valence-corrected chi connectivity index (χ0v) is 18.8. The Morgan fingerprint density at radius 1 is 0.968 bits per heavy atom. The highest BCUT2D eigenvalue weighted by Gasteiger charge is 2.15. The van der Waals surface area contributed by atoms with Crippen LogP contribution in [0.1, 0.15) is 16.7 Å². The summed E-state index contributed by atoms with van der Waals surface area (Å²) in [5.74, 6) is 0.331. The van der Waals surface area contributed by atoms with Crippen molar-refractivity contribution in [3.8, 4) is 0 Å². The number of nitrogens with one attached hydrogen (secondary N) is 2. The normalized spacial score (nSPS) is 11.2. The average molecular weight is 459 g/mol. The largest absolute Gasteiger partial charge is 0.325 e. The Kier molecular flexibility index (Phi) is 7.35. The zero-order valence-electron chi connectivity index (χ0n) is 17.2. The van der Waals surface area contributed by atoms with Gasteiger partial charge in [-0.25, -0.2) is 12.8 Å². The molecule has 0 aromatic heterocycles. The van der Waals surface area contributed by atoms with Crippen LogP contribution in [0.25, 0.3) is 0 Å². The standard InChI is InChI=1S/C23H23FN2O3S2/c1-16-3-12-22(17(2)13-16)26-31(28,29)21-10-8-20(9-11-21)25-23(27)15-30-14-18-4-6-19(24)7-5-18/h3-13,26H,14-15H2,1-2H3,(H,25,27). The Morgan fingerprint density at radius 2 is 1.65 bits per heavy atom. The van der Waals surface area contributed by atoms with Crippen molar-refractivity contribution in [3.05, 3.63) is 89.2 Å². The van der Waals surface area contributed by atoms with E-state index in [9.17, 15) is 17.6 Å². The zero-order chi connectivity index (χ0) is 22.4. The van der Waals surface area contributed by atoms with Gasteiger partial charge in [-0.15, -0.1) is 11.8 Å². The first-order valence-corrected chi connectivity index (χ1v) is 12.2. The van der Waals surface area contributed by atoms with Crippen molar-refractivity contribution in [2.24, 2.45) is 0 Å². The van der Waals surface area contributed by atoms with Gasteiger partial charge in [-0.05, 0) is 67.4 Å². The molecule has 0 fully saturated rings. The van der Waals surface area contributed by atoms with E-state index in [2.05, 4.69) is 10.0 Å². The summed E-state index contributed by atoms with van der Waals surface area (Å²) in [5, 5.41) is 2.75. The van der Waals surface area contributed by atoms with Gasteiger partial charge in [0, 0.05) is 11.4 Å². The van der Waals surface area contributed by atoms with Gasteiger partial charge in [0.25, 0.3) is 10.0 Å². The number of sulfonamides is 1. The Labute approximate surface area is 186 Å². The van der Waals surface area contributed by atoms with Gasteiger partial charge in [0.2, 0.25) is 5.91 Å². The minimum absolute atomic E-state index is 0.108. The van der Waals surface area contributed by atoms with Crippen LogP contribution in [0.4, 0.5) is 15.8 Å². The summed E-state index contributed by atoms with van der Waals surface area (Å²) in [4.78, 5) is 12.2. The fraction of sp³-hybridized carbons (Fsp3) is 0.174. The third-order valence-electron chi connectivity index (χ3n) is 4.49. The highest BCUT2D eigenvalue weighted by molar-refractivity contribution is 7.99. The van der Waals surface area contributed by atoms with Gasteiger partial charge < -0.3 is 5.32 Å². The Balaban J connectivity index is 1.55. The summed E-state index contributed by atoms with van der Waals surface area (Å²) < 4.78 is 40.8. The predicted octanol–water partition coefficient (Wildman–Crippen LogP) is 5.12. The van der Waals surface area contributed by atoms with E-state index in [1.54, 1.807) is 30.3 Å². The van der Waals surface area contributed by atoms with Gasteiger partial charge in [0.15, 0.2) is 0 Å². The van der Waals surface area contributed by atoms with Gasteiger partial charge in [-0.3, -0.25) is 9.52 Å². The summed E-state index contributed by atoms with van der Waals surface area (Å²) >= 11 is 1.41. The quantitative estimate of drug-likeness (QED) is 0.492. The fourth-order valence-corrected chi connectivity index (χ4v) is 4.81. The number of aryl methyl sites for hydroxylation is 2. The smallest absolute Gasteiger partial charge is 0.261 e. The van der Waals surface area contributed by atoms with Crippen LogP contribution < -0.4 is 10.0 Å². The summed E-state index contributed by atoms with van der Waals surface area (Å²) in [5.41, 5.74) is 3.87. The van der Waals surface area contributed by atoms with Crippen LogP contribution in [0.5, 0.6) is 0 Å². The molecule has 2 N–H and O–H groups in total. The SMILES string of the molecule is Cc1ccc(NS(=O)(=O)c2ccc(NC(=O)CSCc3ccc(F)cc3)cc2)c(C)c1. The average Bonchev–Trinajstić information content (AvgIpc) is 2.72. The second-order valence-electron chi connectivity index (χ2n) is 7.12. The fourth-order valence-electron chi connectivity index (χ4n) is 2.89. The van der Waals surface area contributed by atoms with Crippen LogP contribution in [0.2, 0.25) is 0 Å². The molecular formula is C23H23FN2O3S2. The third-order valence-corrected chi connectivity index (χ3v) is 6.87. The van der Waals surface area contributed by atoms with E-state index in [0.29, 0.717) is 17.1 Å². The number of carbonyl (C=O) groups is 1. The first kappa shape index (κ1) is 22.8. The Morgan fingerprint density at radius 3 is 2.29 bits per heavy atom. The molecule has 0 aliphatic heterocycles. The molecular weight excluding hydrogens is 435 g/mol. The molecule has 3 aromatic carbocycles. The van der Waals surface area contributed by atoms with Crippen molar-refractivity contribution >= 4 is 39.1 Å². The van der Waals surface area contributed by atoms with Crippen LogP contribution in [-0.4, -0.2) is 20.1 Å². The van der Waals surface area contributed by atoms with Crippen LogP contribution in [0.3, 0.4) is 0 Å². The molecule has 0 aliphatic rings. The first-order valence-electron chi connectivity index (χ1n) is 9.55. The molecule has 0 radical (unpaired) electrons. The number of rotatable bonds is 8. The summed E-state index contributed by atoms with van der Waals surface area (Å²) in [7, 11) is -3.74. The Hall–Kier alpha value is -2.84. The lowest BCUT2D eigenvalue weighted by Crippen LogP contribution is -2.15. The number of hydrogen-bond acceptors (Lipinski definition) is 4. The van der Waals surface area contributed by atoms with Gasteiger partial charge in [0.1, 0.15) is 5.82 Å². The van der Waals surface area contributed by atoms with E-state index in [-0.39, 0.29) is 22.4 Å². The summed E-state index contributed by atoms with van der Waals surface area (Å²) in [6.45, 7) is 3.79. The van der Waals surface area contributed by atoms with Gasteiger partial charge in [0.05, 0.1) is 16.3 Å². The van der Waals surface area contributed by atoms with E-state index in [1.807, 2.05) is 26.0 Å². The van der Waals surface area contributed by atoms with E-state index in [1.165, 1.54) is 36.0 Å². The van der Waals surface area contributed by atoms with Gasteiger partial charge in [-0.2, -0.15) is 0 Å². The second-order valence-corrected chi connectivity index (χ2v) is 9.78. The van der Waals surface area contributed by atoms with Crippen molar-refractivity contribution in [1.29, 1.82) is 0 Å². The molecule has 5 nitrogen and oxygen atoms in total. The molecule has 31 heavy (non-hydrogen) atoms. The summed E-state index contributed by atoms with van der Waals surface area (Å²) in [6, 6.07) is 17.7. The van der Waals surface area contributed by atoms with E-state index >= 15 is 0 Å². The molecule has 3 rings (SSSR count). The van der Waals surface area contributed by atoms with Crippen LogP contribution in [0.15, 0.2) is 71.6 Å². The Bertz CT molecular complexity index is 1160.